The largest absolute Gasteiger partial charge is 0.326 e. The van der Waals surface area contributed by atoms with Gasteiger partial charge in [-0.05, 0) is 42.2 Å². The highest BCUT2D eigenvalue weighted by molar-refractivity contribution is 8.00. The monoisotopic (exact) mass is 454 g/mol. The Bertz CT molecular complexity index is 946. The Morgan fingerprint density at radius 3 is 2.85 bits per heavy atom. The maximum absolute atomic E-state index is 12.3. The Balaban J connectivity index is 1.54. The molecule has 3 aromatic rings. The second-order valence-electron chi connectivity index (χ2n) is 5.59. The number of thiazole rings is 1. The minimum absolute atomic E-state index is 0.0733. The fourth-order valence-electron chi connectivity index (χ4n) is 2.28. The number of thioether (sulfide) groups is 2. The second kappa shape index (κ2) is 9.85. The molecule has 8 heteroatoms. The van der Waals surface area contributed by atoms with Crippen LogP contribution in [0.3, 0.4) is 0 Å². The van der Waals surface area contributed by atoms with E-state index in [9.17, 15) is 4.79 Å². The van der Waals surface area contributed by atoms with Crippen LogP contribution < -0.4 is 5.32 Å². The molecule has 0 saturated carbocycles. The summed E-state index contributed by atoms with van der Waals surface area (Å²) in [5.41, 5.74) is 2.58. The van der Waals surface area contributed by atoms with Gasteiger partial charge in [0.2, 0.25) is 5.91 Å². The molecule has 0 aliphatic rings. The third kappa shape index (κ3) is 6.16. The third-order valence-corrected chi connectivity index (χ3v) is 7.02. The lowest BCUT2D eigenvalue weighted by Crippen LogP contribution is -2.14. The zero-order valence-corrected chi connectivity index (χ0v) is 18.3. The van der Waals surface area contributed by atoms with Crippen molar-refractivity contribution in [2.75, 3.05) is 11.6 Å². The van der Waals surface area contributed by atoms with Gasteiger partial charge in [0.1, 0.15) is 4.34 Å². The van der Waals surface area contributed by atoms with Crippen LogP contribution in [0.15, 0.2) is 57.1 Å². The Morgan fingerprint density at radius 1 is 1.22 bits per heavy atom. The van der Waals surface area contributed by atoms with Gasteiger partial charge in [-0.3, -0.25) is 4.79 Å². The number of carbonyl (C=O) groups excluding carboxylic acids is 1. The maximum atomic E-state index is 12.3. The van der Waals surface area contributed by atoms with Gasteiger partial charge in [0.15, 0.2) is 0 Å². The quantitative estimate of drug-likeness (QED) is 0.405. The van der Waals surface area contributed by atoms with Crippen molar-refractivity contribution in [2.24, 2.45) is 0 Å². The van der Waals surface area contributed by atoms with Crippen molar-refractivity contribution in [1.82, 2.24) is 4.98 Å². The van der Waals surface area contributed by atoms with Gasteiger partial charge in [0.25, 0.3) is 0 Å². The molecular weight excluding hydrogens is 439 g/mol. The molecule has 3 nitrogen and oxygen atoms in total. The molecule has 0 aliphatic heterocycles. The molecule has 3 rings (SSSR count). The Labute approximate surface area is 180 Å². The van der Waals surface area contributed by atoms with E-state index in [0.29, 0.717) is 15.8 Å². The highest BCUT2D eigenvalue weighted by Gasteiger charge is 2.10. The Kier molecular flexibility index (Phi) is 7.49. The van der Waals surface area contributed by atoms with E-state index >= 15 is 0 Å². The Hall–Kier alpha value is -1.18. The number of nitrogens with one attached hydrogen (secondary N) is 1. The number of hydrogen-bond donors (Lipinski definition) is 1. The summed E-state index contributed by atoms with van der Waals surface area (Å²) in [6.07, 6.45) is 2.26. The molecule has 0 radical (unpaired) electrons. The average molecular weight is 455 g/mol. The van der Waals surface area contributed by atoms with Crippen LogP contribution in [0.25, 0.3) is 0 Å². The smallest absolute Gasteiger partial charge is 0.230 e. The van der Waals surface area contributed by atoms with Gasteiger partial charge in [-0.1, -0.05) is 47.1 Å². The molecule has 1 amide bonds. The van der Waals surface area contributed by atoms with E-state index in [4.69, 9.17) is 23.2 Å². The number of rotatable bonds is 7. The third-order valence-electron chi connectivity index (χ3n) is 3.59. The van der Waals surface area contributed by atoms with E-state index in [1.165, 1.54) is 11.3 Å². The van der Waals surface area contributed by atoms with Crippen molar-refractivity contribution in [1.29, 1.82) is 0 Å². The van der Waals surface area contributed by atoms with Crippen molar-refractivity contribution in [3.8, 4) is 0 Å². The first-order chi connectivity index (χ1) is 13.0. The van der Waals surface area contributed by atoms with Gasteiger partial charge in [0, 0.05) is 31.8 Å². The van der Waals surface area contributed by atoms with E-state index in [2.05, 4.69) is 10.3 Å². The lowest BCUT2D eigenvalue weighted by molar-refractivity contribution is -0.115. The lowest BCUT2D eigenvalue weighted by atomic mass is 10.2. The standard InChI is InChI=1S/C19H16Cl2N2OS3/c1-25-16-4-2-3-14(8-16)22-18(24)9-15-11-27-19(23-15)26-10-12-5-6-13(20)7-17(12)21/h2-8,11H,9-10H2,1H3,(H,22,24). The fraction of sp³-hybridized carbons (Fsp3) is 0.158. The van der Waals surface area contributed by atoms with Gasteiger partial charge in [-0.25, -0.2) is 4.98 Å². The molecule has 0 unspecified atom stereocenters. The van der Waals surface area contributed by atoms with E-state index < -0.39 is 0 Å². The predicted octanol–water partition coefficient (Wildman–Crippen LogP) is 6.65. The summed E-state index contributed by atoms with van der Waals surface area (Å²) in [4.78, 5) is 17.9. The molecule has 1 aromatic heterocycles. The first-order valence-corrected chi connectivity index (χ1v) is 11.8. The molecule has 0 bridgehead atoms. The zero-order valence-electron chi connectivity index (χ0n) is 14.4. The molecule has 140 valence electrons. The van der Waals surface area contributed by atoms with Crippen LogP contribution in [0.4, 0.5) is 5.69 Å². The molecule has 0 aliphatic carbocycles. The first-order valence-electron chi connectivity index (χ1n) is 7.98. The number of anilines is 1. The van der Waals surface area contributed by atoms with Crippen molar-refractivity contribution in [3.05, 3.63) is 69.1 Å². The summed E-state index contributed by atoms with van der Waals surface area (Å²) in [7, 11) is 0. The summed E-state index contributed by atoms with van der Waals surface area (Å²) in [6.45, 7) is 0. The number of nitrogens with zero attached hydrogens (tertiary/aromatic N) is 1. The molecule has 0 atom stereocenters. The fourth-order valence-corrected chi connectivity index (χ4v) is 5.15. The number of aromatic nitrogens is 1. The van der Waals surface area contributed by atoms with Crippen LogP contribution >= 0.6 is 58.1 Å². The molecule has 0 saturated heterocycles. The lowest BCUT2D eigenvalue weighted by Gasteiger charge is -2.05. The van der Waals surface area contributed by atoms with Crippen LogP contribution in [0.5, 0.6) is 0 Å². The van der Waals surface area contributed by atoms with Crippen LogP contribution in [-0.4, -0.2) is 17.1 Å². The SMILES string of the molecule is CSc1cccc(NC(=O)Cc2csc(SCc3ccc(Cl)cc3Cl)n2)c1. The number of hydrogen-bond acceptors (Lipinski definition) is 5. The topological polar surface area (TPSA) is 42.0 Å². The molecule has 1 N–H and O–H groups in total. The minimum Gasteiger partial charge on any atom is -0.326 e. The van der Waals surface area contributed by atoms with Crippen LogP contribution in [0.1, 0.15) is 11.3 Å². The molecular formula is C19H16Cl2N2OS3. The molecule has 1 heterocycles. The number of carbonyl (C=O) groups is 1. The summed E-state index contributed by atoms with van der Waals surface area (Å²) in [6, 6.07) is 13.3. The van der Waals surface area contributed by atoms with Gasteiger partial charge >= 0.3 is 0 Å². The highest BCUT2D eigenvalue weighted by atomic mass is 35.5. The molecule has 27 heavy (non-hydrogen) atoms. The van der Waals surface area contributed by atoms with Crippen molar-refractivity contribution >= 4 is 69.7 Å². The summed E-state index contributed by atoms with van der Waals surface area (Å²) < 4.78 is 0.910. The second-order valence-corrected chi connectivity index (χ2v) is 9.39. The van der Waals surface area contributed by atoms with Gasteiger partial charge in [0.05, 0.1) is 12.1 Å². The van der Waals surface area contributed by atoms with E-state index in [1.807, 2.05) is 48.0 Å². The van der Waals surface area contributed by atoms with Gasteiger partial charge in [-0.2, -0.15) is 0 Å². The predicted molar refractivity (Wildman–Crippen MR) is 119 cm³/mol. The number of benzene rings is 2. The van der Waals surface area contributed by atoms with Crippen molar-refractivity contribution in [2.45, 2.75) is 21.4 Å². The summed E-state index contributed by atoms with van der Waals surface area (Å²) >= 11 is 16.9. The first kappa shape index (κ1) is 20.6. The zero-order chi connectivity index (χ0) is 19.2. The van der Waals surface area contributed by atoms with Crippen molar-refractivity contribution in [3.63, 3.8) is 0 Å². The van der Waals surface area contributed by atoms with Gasteiger partial charge in [-0.15, -0.1) is 23.1 Å². The average Bonchev–Trinajstić information content (AvgIpc) is 3.08. The van der Waals surface area contributed by atoms with Gasteiger partial charge < -0.3 is 5.32 Å². The number of halogens is 2. The van der Waals surface area contributed by atoms with E-state index in [-0.39, 0.29) is 12.3 Å². The van der Waals surface area contributed by atoms with Crippen LogP contribution in [0.2, 0.25) is 10.0 Å². The maximum Gasteiger partial charge on any atom is 0.230 e. The summed E-state index contributed by atoms with van der Waals surface area (Å²) in [5.74, 6) is 0.632. The Morgan fingerprint density at radius 2 is 2.07 bits per heavy atom. The van der Waals surface area contributed by atoms with Crippen molar-refractivity contribution < 1.29 is 4.79 Å². The molecule has 2 aromatic carbocycles. The normalized spacial score (nSPS) is 10.8. The van der Waals surface area contributed by atoms with Crippen LogP contribution in [-0.2, 0) is 17.0 Å². The number of amides is 1. The summed E-state index contributed by atoms with van der Waals surface area (Å²) in [5, 5.41) is 6.12. The van der Waals surface area contributed by atoms with Crippen LogP contribution in [0, 0.1) is 0 Å². The van der Waals surface area contributed by atoms with E-state index in [0.717, 1.165) is 26.2 Å². The highest BCUT2D eigenvalue weighted by Crippen LogP contribution is 2.30. The van der Waals surface area contributed by atoms with E-state index in [1.54, 1.807) is 29.6 Å². The molecule has 0 fully saturated rings. The molecule has 0 spiro atoms. The minimum atomic E-state index is -0.0733.